The lowest BCUT2D eigenvalue weighted by Crippen LogP contribution is -2.36. The van der Waals surface area contributed by atoms with E-state index in [1.807, 2.05) is 31.2 Å². The molecule has 2 aromatic rings. The molecule has 2 N–H and O–H groups in total. The zero-order chi connectivity index (χ0) is 23.8. The number of amides is 2. The predicted octanol–water partition coefficient (Wildman–Crippen LogP) is 6.71. The van der Waals surface area contributed by atoms with Crippen molar-refractivity contribution in [2.45, 2.75) is 83.8 Å². The van der Waals surface area contributed by atoms with Crippen molar-refractivity contribution in [1.29, 1.82) is 0 Å². The van der Waals surface area contributed by atoms with Gasteiger partial charge in [-0.1, -0.05) is 69.8 Å². The highest BCUT2D eigenvalue weighted by atomic mass is 35.5. The van der Waals surface area contributed by atoms with Gasteiger partial charge in [0.15, 0.2) is 6.10 Å². The third kappa shape index (κ3) is 6.73. The van der Waals surface area contributed by atoms with E-state index in [0.717, 1.165) is 43.4 Å². The van der Waals surface area contributed by atoms with Crippen molar-refractivity contribution in [1.82, 2.24) is 5.32 Å². The number of hydrogen-bond donors (Lipinski definition) is 2. The van der Waals surface area contributed by atoms with Gasteiger partial charge >= 0.3 is 0 Å². The van der Waals surface area contributed by atoms with Gasteiger partial charge < -0.3 is 15.4 Å². The smallest absolute Gasteiger partial charge is 0.265 e. The van der Waals surface area contributed by atoms with Crippen LogP contribution in [-0.4, -0.2) is 24.0 Å². The van der Waals surface area contributed by atoms with Crippen LogP contribution in [-0.2, 0) is 4.79 Å². The molecule has 0 heterocycles. The number of halogens is 1. The fourth-order valence-corrected chi connectivity index (χ4v) is 4.40. The second-order valence-electron chi connectivity index (χ2n) is 8.85. The third-order valence-electron chi connectivity index (χ3n) is 6.41. The summed E-state index contributed by atoms with van der Waals surface area (Å²) in [7, 11) is 0. The molecular weight excluding hydrogens is 436 g/mol. The largest absolute Gasteiger partial charge is 0.480 e. The monoisotopic (exact) mass is 470 g/mol. The summed E-state index contributed by atoms with van der Waals surface area (Å²) in [5.74, 6) is 0.618. The Morgan fingerprint density at radius 2 is 1.79 bits per heavy atom. The Balaban J connectivity index is 1.70. The zero-order valence-corrected chi connectivity index (χ0v) is 20.6. The van der Waals surface area contributed by atoms with Crippen LogP contribution in [0.2, 0.25) is 5.02 Å². The quantitative estimate of drug-likeness (QED) is 0.427. The molecule has 1 saturated carbocycles. The molecule has 0 bridgehead atoms. The minimum Gasteiger partial charge on any atom is -0.480 e. The maximum atomic E-state index is 13.0. The average molecular weight is 471 g/mol. The molecule has 3 rings (SSSR count). The Hall–Kier alpha value is -2.53. The van der Waals surface area contributed by atoms with Crippen LogP contribution in [0.4, 0.5) is 5.69 Å². The molecule has 2 atom stereocenters. The maximum absolute atomic E-state index is 13.0. The Bertz CT molecular complexity index is 956. The minimum atomic E-state index is -0.648. The molecular formula is C27H35ClN2O3. The molecule has 0 saturated heterocycles. The molecule has 0 aliphatic heterocycles. The molecule has 5 nitrogen and oxygen atoms in total. The van der Waals surface area contributed by atoms with E-state index in [1.165, 1.54) is 6.42 Å². The van der Waals surface area contributed by atoms with Crippen LogP contribution >= 0.6 is 11.6 Å². The number of ether oxygens (including phenoxy) is 1. The molecule has 1 fully saturated rings. The Morgan fingerprint density at radius 3 is 2.48 bits per heavy atom. The molecule has 33 heavy (non-hydrogen) atoms. The lowest BCUT2D eigenvalue weighted by molar-refractivity contribution is -0.122. The highest BCUT2D eigenvalue weighted by Crippen LogP contribution is 2.30. The number of rotatable bonds is 9. The molecule has 6 heteroatoms. The number of anilines is 1. The summed E-state index contributed by atoms with van der Waals surface area (Å²) in [4.78, 5) is 25.8. The van der Waals surface area contributed by atoms with Crippen molar-refractivity contribution in [3.8, 4) is 5.75 Å². The first-order chi connectivity index (χ1) is 15.9. The third-order valence-corrected chi connectivity index (χ3v) is 6.74. The van der Waals surface area contributed by atoms with Crippen molar-refractivity contribution in [3.63, 3.8) is 0 Å². The van der Waals surface area contributed by atoms with Crippen molar-refractivity contribution in [3.05, 3.63) is 58.6 Å². The van der Waals surface area contributed by atoms with Crippen LogP contribution in [0.15, 0.2) is 42.5 Å². The van der Waals surface area contributed by atoms with Gasteiger partial charge in [-0.25, -0.2) is 0 Å². The fourth-order valence-electron chi connectivity index (χ4n) is 4.20. The van der Waals surface area contributed by atoms with Crippen LogP contribution < -0.4 is 15.4 Å². The van der Waals surface area contributed by atoms with Crippen LogP contribution in [0.3, 0.4) is 0 Å². The van der Waals surface area contributed by atoms with Crippen molar-refractivity contribution >= 4 is 29.1 Å². The first-order valence-corrected chi connectivity index (χ1v) is 12.5. The number of para-hydroxylation sites is 1. The maximum Gasteiger partial charge on any atom is 0.265 e. The molecule has 0 radical (unpaired) electrons. The summed E-state index contributed by atoms with van der Waals surface area (Å²) in [6.07, 6.45) is 6.33. The Morgan fingerprint density at radius 1 is 1.06 bits per heavy atom. The van der Waals surface area contributed by atoms with E-state index < -0.39 is 6.10 Å². The molecule has 0 aromatic heterocycles. The van der Waals surface area contributed by atoms with Gasteiger partial charge in [0, 0.05) is 11.7 Å². The lowest BCUT2D eigenvalue weighted by atomic mass is 9.95. The SMILES string of the molecule is CCC(Oc1ccccc1C(C)CC)C(=O)Nc1ccc(Cl)c(C(=O)NC2CCCCC2)c1. The van der Waals surface area contributed by atoms with Gasteiger partial charge in [-0.2, -0.15) is 0 Å². The van der Waals surface area contributed by atoms with Crippen LogP contribution in [0.5, 0.6) is 5.75 Å². The molecule has 2 amide bonds. The van der Waals surface area contributed by atoms with E-state index in [2.05, 4.69) is 24.5 Å². The zero-order valence-electron chi connectivity index (χ0n) is 19.8. The standard InChI is InChI=1S/C27H35ClN2O3/c1-4-18(3)21-13-9-10-14-25(21)33-24(5-2)27(32)30-20-15-16-23(28)22(17-20)26(31)29-19-11-7-6-8-12-19/h9-10,13-19,24H,4-8,11-12H2,1-3H3,(H,29,31)(H,30,32). The number of hydrogen-bond acceptors (Lipinski definition) is 3. The molecule has 2 unspecified atom stereocenters. The lowest BCUT2D eigenvalue weighted by Gasteiger charge is -2.23. The number of benzene rings is 2. The van der Waals surface area contributed by atoms with Crippen LogP contribution in [0.1, 0.15) is 87.6 Å². The fraction of sp³-hybridized carbons (Fsp3) is 0.481. The van der Waals surface area contributed by atoms with Crippen LogP contribution in [0, 0.1) is 0 Å². The Labute approximate surface area is 202 Å². The van der Waals surface area contributed by atoms with E-state index in [9.17, 15) is 9.59 Å². The Kier molecular flexibility index (Phi) is 9.19. The average Bonchev–Trinajstić information content (AvgIpc) is 2.83. The first kappa shape index (κ1) is 25.1. The number of carbonyl (C=O) groups excluding carboxylic acids is 2. The van der Waals surface area contributed by atoms with Gasteiger partial charge in [-0.3, -0.25) is 9.59 Å². The van der Waals surface area contributed by atoms with Gasteiger partial charge in [-0.05, 0) is 61.4 Å². The van der Waals surface area contributed by atoms with Gasteiger partial charge in [0.2, 0.25) is 0 Å². The topological polar surface area (TPSA) is 67.4 Å². The van der Waals surface area contributed by atoms with Gasteiger partial charge in [0.1, 0.15) is 5.75 Å². The van der Waals surface area contributed by atoms with Gasteiger partial charge in [-0.15, -0.1) is 0 Å². The first-order valence-electron chi connectivity index (χ1n) is 12.1. The normalized spacial score (nSPS) is 16.0. The number of nitrogens with one attached hydrogen (secondary N) is 2. The summed E-state index contributed by atoms with van der Waals surface area (Å²) in [6, 6.07) is 13.0. The summed E-state index contributed by atoms with van der Waals surface area (Å²) >= 11 is 6.31. The van der Waals surface area contributed by atoms with Gasteiger partial charge in [0.05, 0.1) is 10.6 Å². The van der Waals surface area contributed by atoms with Crippen molar-refractivity contribution in [2.75, 3.05) is 5.32 Å². The number of carbonyl (C=O) groups is 2. The molecule has 2 aromatic carbocycles. The minimum absolute atomic E-state index is 0.184. The van der Waals surface area contributed by atoms with E-state index in [0.29, 0.717) is 28.6 Å². The van der Waals surface area contributed by atoms with Gasteiger partial charge in [0.25, 0.3) is 11.8 Å². The second-order valence-corrected chi connectivity index (χ2v) is 9.26. The van der Waals surface area contributed by atoms with Crippen LogP contribution in [0.25, 0.3) is 0 Å². The van der Waals surface area contributed by atoms with Crippen molar-refractivity contribution < 1.29 is 14.3 Å². The van der Waals surface area contributed by atoms with Crippen molar-refractivity contribution in [2.24, 2.45) is 0 Å². The molecule has 178 valence electrons. The predicted molar refractivity (Wildman–Crippen MR) is 134 cm³/mol. The highest BCUT2D eigenvalue weighted by Gasteiger charge is 2.23. The van der Waals surface area contributed by atoms with E-state index >= 15 is 0 Å². The molecule has 0 spiro atoms. The second kappa shape index (κ2) is 12.1. The summed E-state index contributed by atoms with van der Waals surface area (Å²) in [5.41, 5.74) is 1.99. The highest BCUT2D eigenvalue weighted by molar-refractivity contribution is 6.34. The molecule has 1 aliphatic rings. The van der Waals surface area contributed by atoms with E-state index in [1.54, 1.807) is 18.2 Å². The van der Waals surface area contributed by atoms with E-state index in [-0.39, 0.29) is 17.9 Å². The molecule has 1 aliphatic carbocycles. The summed E-state index contributed by atoms with van der Waals surface area (Å²) in [5, 5.41) is 6.35. The summed E-state index contributed by atoms with van der Waals surface area (Å²) in [6.45, 7) is 6.20. The van der Waals surface area contributed by atoms with E-state index in [4.69, 9.17) is 16.3 Å². The summed E-state index contributed by atoms with van der Waals surface area (Å²) < 4.78 is 6.14.